The number of nitrogens with zero attached hydrogens (tertiary/aromatic N) is 5. The van der Waals surface area contributed by atoms with Gasteiger partial charge in [-0.25, -0.2) is 18.7 Å². The topological polar surface area (TPSA) is 124 Å². The average molecular weight is 478 g/mol. The molecule has 1 aromatic carbocycles. The van der Waals surface area contributed by atoms with Gasteiger partial charge in [0.25, 0.3) is 0 Å². The van der Waals surface area contributed by atoms with E-state index in [1.165, 1.54) is 42.4 Å². The molecular weight excluding hydrogens is 454 g/mol. The van der Waals surface area contributed by atoms with Gasteiger partial charge < -0.3 is 29.5 Å². The van der Waals surface area contributed by atoms with Crippen molar-refractivity contribution >= 4 is 17.5 Å². The first-order chi connectivity index (χ1) is 16.4. The summed E-state index contributed by atoms with van der Waals surface area (Å²) >= 11 is 0. The highest BCUT2D eigenvalue weighted by Crippen LogP contribution is 2.32. The summed E-state index contributed by atoms with van der Waals surface area (Å²) in [7, 11) is 4.11. The van der Waals surface area contributed by atoms with E-state index < -0.39 is 18.2 Å². The number of hydrogen-bond acceptors (Lipinski definition) is 9. The number of amides is 1. The standard InChI is InChI=1S/C21H24F2N6O5/c1-28(4-5-30)18(31)11-29-10-13(7-26-29)27-21-24-8-14(9-25-21)34-12-15-19(22)16(32-2)6-17(33-3)20(15)23/h6-10,30H,4-5,11-12H2,1-3H3,(H,24,25,27). The summed E-state index contributed by atoms with van der Waals surface area (Å²) in [5.41, 5.74) is 0.184. The van der Waals surface area contributed by atoms with E-state index in [0.717, 1.165) is 6.07 Å². The molecule has 2 heterocycles. The van der Waals surface area contributed by atoms with Gasteiger partial charge in [-0.3, -0.25) is 9.48 Å². The van der Waals surface area contributed by atoms with Crippen LogP contribution in [0.15, 0.2) is 30.9 Å². The predicted molar refractivity (Wildman–Crippen MR) is 116 cm³/mol. The van der Waals surface area contributed by atoms with Gasteiger partial charge in [-0.1, -0.05) is 0 Å². The van der Waals surface area contributed by atoms with Crippen molar-refractivity contribution in [3.63, 3.8) is 0 Å². The molecule has 0 saturated heterocycles. The van der Waals surface area contributed by atoms with Crippen LogP contribution in [0.5, 0.6) is 17.2 Å². The number of aliphatic hydroxyl groups excluding tert-OH is 1. The number of carbonyl (C=O) groups is 1. The number of benzene rings is 1. The number of anilines is 2. The highest BCUT2D eigenvalue weighted by atomic mass is 19.1. The normalized spacial score (nSPS) is 10.6. The third-order valence-corrected chi connectivity index (χ3v) is 4.72. The fourth-order valence-electron chi connectivity index (χ4n) is 2.85. The van der Waals surface area contributed by atoms with Gasteiger partial charge in [0.05, 0.1) is 50.7 Å². The molecule has 182 valence electrons. The van der Waals surface area contributed by atoms with E-state index in [0.29, 0.717) is 5.69 Å². The van der Waals surface area contributed by atoms with Crippen LogP contribution in [0.25, 0.3) is 0 Å². The number of halogens is 2. The first-order valence-electron chi connectivity index (χ1n) is 10.0. The van der Waals surface area contributed by atoms with Gasteiger partial charge in [-0.15, -0.1) is 0 Å². The number of hydrogen-bond donors (Lipinski definition) is 2. The molecule has 11 nitrogen and oxygen atoms in total. The van der Waals surface area contributed by atoms with Crippen LogP contribution in [-0.4, -0.2) is 70.1 Å². The second-order valence-electron chi connectivity index (χ2n) is 7.01. The first kappa shape index (κ1) is 24.6. The SMILES string of the molecule is COc1cc(OC)c(F)c(COc2cnc(Nc3cnn(CC(=O)N(C)CCO)c3)nc2)c1F. The largest absolute Gasteiger partial charge is 0.494 e. The van der Waals surface area contributed by atoms with Crippen molar-refractivity contribution in [3.05, 3.63) is 48.1 Å². The Labute approximate surface area is 193 Å². The fourth-order valence-corrected chi connectivity index (χ4v) is 2.85. The van der Waals surface area contributed by atoms with Gasteiger partial charge in [-0.05, 0) is 0 Å². The van der Waals surface area contributed by atoms with Crippen LogP contribution in [-0.2, 0) is 17.9 Å². The van der Waals surface area contributed by atoms with E-state index in [4.69, 9.17) is 19.3 Å². The number of aliphatic hydroxyl groups is 1. The monoisotopic (exact) mass is 478 g/mol. The number of rotatable bonds is 11. The number of ether oxygens (including phenoxy) is 3. The van der Waals surface area contributed by atoms with Crippen LogP contribution in [0.4, 0.5) is 20.4 Å². The lowest BCUT2D eigenvalue weighted by Crippen LogP contribution is -2.32. The molecule has 2 aromatic heterocycles. The Morgan fingerprint density at radius 3 is 2.38 bits per heavy atom. The second kappa shape index (κ2) is 11.2. The maximum atomic E-state index is 14.4. The minimum atomic E-state index is -0.891. The van der Waals surface area contributed by atoms with Crippen LogP contribution >= 0.6 is 0 Å². The molecule has 34 heavy (non-hydrogen) atoms. The zero-order chi connectivity index (χ0) is 24.7. The van der Waals surface area contributed by atoms with Crippen LogP contribution in [0.1, 0.15) is 5.56 Å². The summed E-state index contributed by atoms with van der Waals surface area (Å²) in [4.78, 5) is 21.6. The van der Waals surface area contributed by atoms with E-state index in [1.54, 1.807) is 13.2 Å². The molecule has 0 atom stereocenters. The fraction of sp³-hybridized carbons (Fsp3) is 0.333. The molecule has 0 radical (unpaired) electrons. The number of nitrogens with one attached hydrogen (secondary N) is 1. The zero-order valence-electron chi connectivity index (χ0n) is 18.8. The van der Waals surface area contributed by atoms with E-state index >= 15 is 0 Å². The zero-order valence-corrected chi connectivity index (χ0v) is 18.8. The Hall–Kier alpha value is -4.00. The quantitative estimate of drug-likeness (QED) is 0.424. The van der Waals surface area contributed by atoms with E-state index in [9.17, 15) is 13.6 Å². The Balaban J connectivity index is 1.61. The smallest absolute Gasteiger partial charge is 0.244 e. The van der Waals surface area contributed by atoms with E-state index in [2.05, 4.69) is 20.4 Å². The lowest BCUT2D eigenvalue weighted by molar-refractivity contribution is -0.131. The van der Waals surface area contributed by atoms with Crippen LogP contribution in [0.2, 0.25) is 0 Å². The number of likely N-dealkylation sites (N-methyl/N-ethyl adjacent to an activating group) is 1. The number of methoxy groups -OCH3 is 2. The summed E-state index contributed by atoms with van der Waals surface area (Å²) in [6, 6.07) is 1.11. The predicted octanol–water partition coefficient (Wildman–Crippen LogP) is 1.74. The minimum Gasteiger partial charge on any atom is -0.494 e. The summed E-state index contributed by atoms with van der Waals surface area (Å²) < 4.78 is 45.5. The Morgan fingerprint density at radius 2 is 1.79 bits per heavy atom. The Bertz CT molecular complexity index is 1100. The maximum Gasteiger partial charge on any atom is 0.244 e. The van der Waals surface area contributed by atoms with Crippen molar-refractivity contribution < 1.29 is 32.9 Å². The summed E-state index contributed by atoms with van der Waals surface area (Å²) in [6.45, 7) is -0.318. The minimum absolute atomic E-state index is 0.00793. The lowest BCUT2D eigenvalue weighted by Gasteiger charge is -2.15. The van der Waals surface area contributed by atoms with Crippen molar-refractivity contribution in [2.24, 2.45) is 0 Å². The highest BCUT2D eigenvalue weighted by Gasteiger charge is 2.20. The average Bonchev–Trinajstić information content (AvgIpc) is 3.27. The summed E-state index contributed by atoms with van der Waals surface area (Å²) in [5, 5.41) is 15.9. The van der Waals surface area contributed by atoms with E-state index in [-0.39, 0.29) is 54.4 Å². The maximum absolute atomic E-state index is 14.4. The molecule has 13 heteroatoms. The molecule has 0 fully saturated rings. The molecule has 0 aliphatic rings. The van der Waals surface area contributed by atoms with Crippen LogP contribution < -0.4 is 19.5 Å². The van der Waals surface area contributed by atoms with Gasteiger partial charge in [0.2, 0.25) is 11.9 Å². The molecule has 0 spiro atoms. The number of aromatic nitrogens is 4. The van der Waals surface area contributed by atoms with Gasteiger partial charge in [0.15, 0.2) is 28.9 Å². The third kappa shape index (κ3) is 5.86. The molecule has 0 bridgehead atoms. The molecule has 1 amide bonds. The molecule has 3 aromatic rings. The summed E-state index contributed by atoms with van der Waals surface area (Å²) in [6.07, 6.45) is 5.76. The third-order valence-electron chi connectivity index (χ3n) is 4.72. The molecule has 0 aliphatic heterocycles. The first-order valence-corrected chi connectivity index (χ1v) is 10.0. The number of carbonyl (C=O) groups excluding carboxylic acids is 1. The molecule has 0 unspecified atom stereocenters. The molecule has 0 saturated carbocycles. The van der Waals surface area contributed by atoms with Crippen molar-refractivity contribution in [2.45, 2.75) is 13.2 Å². The molecule has 2 N–H and O–H groups in total. The van der Waals surface area contributed by atoms with Crippen LogP contribution in [0.3, 0.4) is 0 Å². The highest BCUT2D eigenvalue weighted by molar-refractivity contribution is 5.75. The Morgan fingerprint density at radius 1 is 1.15 bits per heavy atom. The Kier molecular flexibility index (Phi) is 8.14. The lowest BCUT2D eigenvalue weighted by atomic mass is 10.1. The van der Waals surface area contributed by atoms with Crippen molar-refractivity contribution in [3.8, 4) is 17.2 Å². The van der Waals surface area contributed by atoms with E-state index in [1.807, 2.05) is 0 Å². The second-order valence-corrected chi connectivity index (χ2v) is 7.01. The van der Waals surface area contributed by atoms with Gasteiger partial charge in [0.1, 0.15) is 13.2 Å². The van der Waals surface area contributed by atoms with Crippen molar-refractivity contribution in [2.75, 3.05) is 39.7 Å². The van der Waals surface area contributed by atoms with Crippen molar-refractivity contribution in [1.82, 2.24) is 24.6 Å². The van der Waals surface area contributed by atoms with Gasteiger partial charge >= 0.3 is 0 Å². The molecule has 0 aliphatic carbocycles. The molecular formula is C21H24F2N6O5. The summed E-state index contributed by atoms with van der Waals surface area (Å²) in [5.74, 6) is -1.93. The van der Waals surface area contributed by atoms with Crippen LogP contribution in [0, 0.1) is 11.6 Å². The van der Waals surface area contributed by atoms with Gasteiger partial charge in [0, 0.05) is 25.9 Å². The molecule has 3 rings (SSSR count). The van der Waals surface area contributed by atoms with Crippen molar-refractivity contribution in [1.29, 1.82) is 0 Å². The van der Waals surface area contributed by atoms with Gasteiger partial charge in [-0.2, -0.15) is 5.10 Å².